The van der Waals surface area contributed by atoms with Crippen molar-refractivity contribution in [3.8, 4) is 11.5 Å². The number of benzene rings is 3. The van der Waals surface area contributed by atoms with E-state index in [-0.39, 0.29) is 17.3 Å². The number of nitrogens with zero attached hydrogens (tertiary/aromatic N) is 1. The van der Waals surface area contributed by atoms with E-state index < -0.39 is 29.4 Å². The number of hydrogen-bond acceptors (Lipinski definition) is 5. The Morgan fingerprint density at radius 1 is 1.03 bits per heavy atom. The van der Waals surface area contributed by atoms with Crippen LogP contribution in [0.2, 0.25) is 5.02 Å². The number of rotatable bonds is 7. The van der Waals surface area contributed by atoms with Crippen LogP contribution in [0.4, 0.5) is 23.2 Å². The van der Waals surface area contributed by atoms with Crippen LogP contribution in [0.1, 0.15) is 16.7 Å². The van der Waals surface area contributed by atoms with Gasteiger partial charge in [0.15, 0.2) is 11.5 Å². The molecule has 0 aliphatic rings. The first kappa shape index (κ1) is 26.5. The molecule has 36 heavy (non-hydrogen) atoms. The van der Waals surface area contributed by atoms with Crippen LogP contribution >= 0.6 is 11.6 Å². The SMILES string of the molecule is COc1cc(C=NNC(=O)C(=O)Nc2cccc(C(F)(F)F)c2)ccc1OCc1ccc(F)cc1Cl. The minimum absolute atomic E-state index is 0.0555. The largest absolute Gasteiger partial charge is 0.493 e. The number of hydrazone groups is 1. The fraction of sp³-hybridized carbons (Fsp3) is 0.125. The van der Waals surface area contributed by atoms with Gasteiger partial charge in [0, 0.05) is 11.3 Å². The number of hydrogen-bond donors (Lipinski definition) is 2. The second kappa shape index (κ2) is 11.5. The fourth-order valence-electron chi connectivity index (χ4n) is 2.86. The average Bonchev–Trinajstić information content (AvgIpc) is 2.83. The van der Waals surface area contributed by atoms with Crippen LogP contribution in [0.25, 0.3) is 0 Å². The maximum atomic E-state index is 13.2. The predicted molar refractivity (Wildman–Crippen MR) is 125 cm³/mol. The lowest BCUT2D eigenvalue weighted by Gasteiger charge is -2.12. The summed E-state index contributed by atoms with van der Waals surface area (Å²) in [4.78, 5) is 23.9. The number of nitrogens with one attached hydrogen (secondary N) is 2. The van der Waals surface area contributed by atoms with E-state index in [1.54, 1.807) is 18.2 Å². The second-order valence-electron chi connectivity index (χ2n) is 7.17. The molecule has 0 unspecified atom stereocenters. The highest BCUT2D eigenvalue weighted by atomic mass is 35.5. The van der Waals surface area contributed by atoms with Crippen molar-refractivity contribution >= 4 is 35.3 Å². The van der Waals surface area contributed by atoms with Crippen molar-refractivity contribution in [3.63, 3.8) is 0 Å². The van der Waals surface area contributed by atoms with Crippen molar-refractivity contribution in [1.82, 2.24) is 5.43 Å². The first-order valence-electron chi connectivity index (χ1n) is 10.1. The Hall–Kier alpha value is -4.12. The van der Waals surface area contributed by atoms with E-state index in [1.165, 1.54) is 37.6 Å². The average molecular weight is 524 g/mol. The Kier molecular flexibility index (Phi) is 8.49. The Balaban J connectivity index is 1.58. The van der Waals surface area contributed by atoms with Crippen LogP contribution < -0.4 is 20.2 Å². The lowest BCUT2D eigenvalue weighted by Crippen LogP contribution is -2.32. The Morgan fingerprint density at radius 2 is 1.81 bits per heavy atom. The number of halogens is 5. The highest BCUT2D eigenvalue weighted by Crippen LogP contribution is 2.31. The number of ether oxygens (including phenoxy) is 2. The number of carbonyl (C=O) groups is 2. The van der Waals surface area contributed by atoms with Gasteiger partial charge < -0.3 is 14.8 Å². The summed E-state index contributed by atoms with van der Waals surface area (Å²) >= 11 is 5.99. The quantitative estimate of drug-likeness (QED) is 0.193. The molecule has 0 aromatic heterocycles. The molecule has 0 aliphatic heterocycles. The van der Waals surface area contributed by atoms with Crippen LogP contribution in [-0.4, -0.2) is 25.1 Å². The summed E-state index contributed by atoms with van der Waals surface area (Å²) in [6.45, 7) is 0.0555. The smallest absolute Gasteiger partial charge is 0.416 e. The van der Waals surface area contributed by atoms with E-state index in [0.29, 0.717) is 28.7 Å². The monoisotopic (exact) mass is 523 g/mol. The van der Waals surface area contributed by atoms with E-state index >= 15 is 0 Å². The highest BCUT2D eigenvalue weighted by molar-refractivity contribution is 6.39. The van der Waals surface area contributed by atoms with E-state index in [0.717, 1.165) is 12.1 Å². The molecule has 0 spiro atoms. The first-order chi connectivity index (χ1) is 17.1. The molecule has 188 valence electrons. The maximum absolute atomic E-state index is 13.2. The topological polar surface area (TPSA) is 89.0 Å². The standard InChI is InChI=1S/C24H18ClF4N3O4/c1-35-21-9-14(5-8-20(21)36-13-15-6-7-17(26)11-19(15)25)12-30-32-23(34)22(33)31-18-4-2-3-16(10-18)24(27,28)29/h2-12H,13H2,1H3,(H,31,33)(H,32,34). The minimum atomic E-state index is -4.59. The highest BCUT2D eigenvalue weighted by Gasteiger charge is 2.30. The zero-order chi connectivity index (χ0) is 26.3. The lowest BCUT2D eigenvalue weighted by atomic mass is 10.2. The molecule has 0 bridgehead atoms. The van der Waals surface area contributed by atoms with Gasteiger partial charge in [0.2, 0.25) is 0 Å². The minimum Gasteiger partial charge on any atom is -0.493 e. The van der Waals surface area contributed by atoms with E-state index in [1.807, 2.05) is 5.43 Å². The van der Waals surface area contributed by atoms with Gasteiger partial charge in [-0.15, -0.1) is 0 Å². The molecule has 0 aliphatic carbocycles. The third kappa shape index (κ3) is 7.19. The normalized spacial score (nSPS) is 11.3. The molecular weight excluding hydrogens is 506 g/mol. The summed E-state index contributed by atoms with van der Waals surface area (Å²) < 4.78 is 62.5. The summed E-state index contributed by atoms with van der Waals surface area (Å²) in [6, 6.07) is 12.5. The maximum Gasteiger partial charge on any atom is 0.416 e. The van der Waals surface area contributed by atoms with E-state index in [2.05, 4.69) is 10.4 Å². The summed E-state index contributed by atoms with van der Waals surface area (Å²) in [7, 11) is 1.41. The molecule has 0 fully saturated rings. The van der Waals surface area contributed by atoms with Gasteiger partial charge in [-0.2, -0.15) is 18.3 Å². The predicted octanol–water partition coefficient (Wildman–Crippen LogP) is 5.17. The van der Waals surface area contributed by atoms with Crippen molar-refractivity contribution in [1.29, 1.82) is 0 Å². The van der Waals surface area contributed by atoms with Crippen molar-refractivity contribution < 1.29 is 36.6 Å². The van der Waals surface area contributed by atoms with Crippen LogP contribution in [0, 0.1) is 5.82 Å². The van der Waals surface area contributed by atoms with Gasteiger partial charge in [0.1, 0.15) is 12.4 Å². The number of alkyl halides is 3. The first-order valence-corrected chi connectivity index (χ1v) is 10.5. The van der Waals surface area contributed by atoms with Crippen molar-refractivity contribution in [2.75, 3.05) is 12.4 Å². The summed E-state index contributed by atoms with van der Waals surface area (Å²) in [6.07, 6.45) is -3.37. The zero-order valence-corrected chi connectivity index (χ0v) is 19.3. The number of carbonyl (C=O) groups excluding carboxylic acids is 2. The summed E-state index contributed by atoms with van der Waals surface area (Å²) in [5.41, 5.74) is 1.85. The van der Waals surface area contributed by atoms with Gasteiger partial charge in [-0.25, -0.2) is 9.82 Å². The Labute approximate surface area is 207 Å². The number of methoxy groups -OCH3 is 1. The molecular formula is C24H18ClF4N3O4. The molecule has 2 amide bonds. The van der Waals surface area contributed by atoms with Gasteiger partial charge in [0.25, 0.3) is 0 Å². The molecule has 7 nitrogen and oxygen atoms in total. The third-order valence-electron chi connectivity index (χ3n) is 4.62. The Morgan fingerprint density at radius 3 is 2.50 bits per heavy atom. The molecule has 0 atom stereocenters. The molecule has 0 saturated heterocycles. The van der Waals surface area contributed by atoms with Crippen molar-refractivity contribution in [2.45, 2.75) is 12.8 Å². The van der Waals surface area contributed by atoms with Gasteiger partial charge in [-0.05, 0) is 54.1 Å². The molecule has 0 heterocycles. The number of amides is 2. The Bertz CT molecular complexity index is 1300. The van der Waals surface area contributed by atoms with Crippen LogP contribution in [0.3, 0.4) is 0 Å². The summed E-state index contributed by atoms with van der Waals surface area (Å²) in [5, 5.41) is 5.95. The van der Waals surface area contributed by atoms with Gasteiger partial charge in [-0.3, -0.25) is 9.59 Å². The second-order valence-corrected chi connectivity index (χ2v) is 7.57. The van der Waals surface area contributed by atoms with Gasteiger partial charge in [-0.1, -0.05) is 23.7 Å². The van der Waals surface area contributed by atoms with Crippen LogP contribution in [0.15, 0.2) is 65.8 Å². The van der Waals surface area contributed by atoms with Crippen molar-refractivity contribution in [3.05, 3.63) is 88.2 Å². The number of anilines is 1. The van der Waals surface area contributed by atoms with Gasteiger partial charge in [0.05, 0.1) is 23.9 Å². The molecule has 0 saturated carbocycles. The van der Waals surface area contributed by atoms with E-state index in [9.17, 15) is 27.2 Å². The molecule has 3 rings (SSSR count). The van der Waals surface area contributed by atoms with Crippen LogP contribution in [0.5, 0.6) is 11.5 Å². The van der Waals surface area contributed by atoms with Crippen LogP contribution in [-0.2, 0) is 22.4 Å². The third-order valence-corrected chi connectivity index (χ3v) is 4.97. The van der Waals surface area contributed by atoms with E-state index in [4.69, 9.17) is 21.1 Å². The molecule has 12 heteroatoms. The lowest BCUT2D eigenvalue weighted by molar-refractivity contribution is -0.137. The molecule has 0 radical (unpaired) electrons. The van der Waals surface area contributed by atoms with Gasteiger partial charge >= 0.3 is 18.0 Å². The fourth-order valence-corrected chi connectivity index (χ4v) is 3.08. The molecule has 3 aromatic rings. The summed E-state index contributed by atoms with van der Waals surface area (Å²) in [5.74, 6) is -2.17. The zero-order valence-electron chi connectivity index (χ0n) is 18.5. The molecule has 2 N–H and O–H groups in total. The molecule has 3 aromatic carbocycles. The van der Waals surface area contributed by atoms with Crippen molar-refractivity contribution in [2.24, 2.45) is 5.10 Å².